The first kappa shape index (κ1) is 18.0. The number of hydrogen-bond donors (Lipinski definition) is 1. The van der Waals surface area contributed by atoms with Crippen LogP contribution in [0, 0.1) is 11.8 Å². The summed E-state index contributed by atoms with van der Waals surface area (Å²) in [6, 6.07) is 0. The van der Waals surface area contributed by atoms with Gasteiger partial charge in [-0.15, -0.1) is 0 Å². The van der Waals surface area contributed by atoms with E-state index in [2.05, 4.69) is 35.9 Å². The van der Waals surface area contributed by atoms with Gasteiger partial charge in [-0.1, -0.05) is 12.8 Å². The van der Waals surface area contributed by atoms with Crippen LogP contribution < -0.4 is 5.32 Å². The van der Waals surface area contributed by atoms with E-state index in [-0.39, 0.29) is 5.54 Å². The monoisotopic (exact) mass is 336 g/mol. The van der Waals surface area contributed by atoms with Gasteiger partial charge in [-0.3, -0.25) is 9.89 Å². The summed E-state index contributed by atoms with van der Waals surface area (Å²) in [5.74, 6) is 2.93. The maximum Gasteiger partial charge on any atom is 0.193 e. The minimum Gasteiger partial charge on any atom is -0.379 e. The van der Waals surface area contributed by atoms with Gasteiger partial charge in [0.05, 0.1) is 19.8 Å². The number of likely N-dealkylation sites (tertiary alicyclic amines) is 1. The second-order valence-corrected chi connectivity index (χ2v) is 8.29. The number of rotatable bonds is 4. The number of nitrogens with zero attached hydrogens (tertiary/aromatic N) is 3. The Kier molecular flexibility index (Phi) is 6.03. The molecule has 0 aromatic heterocycles. The highest BCUT2D eigenvalue weighted by atomic mass is 16.5. The van der Waals surface area contributed by atoms with Crippen molar-refractivity contribution in [1.29, 1.82) is 0 Å². The van der Waals surface area contributed by atoms with Crippen molar-refractivity contribution < 1.29 is 4.74 Å². The molecule has 2 saturated heterocycles. The molecule has 1 N–H and O–H groups in total. The van der Waals surface area contributed by atoms with Crippen LogP contribution in [0.4, 0.5) is 0 Å². The topological polar surface area (TPSA) is 40.1 Å². The van der Waals surface area contributed by atoms with Gasteiger partial charge in [0, 0.05) is 38.3 Å². The first-order chi connectivity index (χ1) is 11.6. The summed E-state index contributed by atoms with van der Waals surface area (Å²) in [5.41, 5.74) is 0.0942. The maximum absolute atomic E-state index is 5.50. The van der Waals surface area contributed by atoms with Crippen LogP contribution in [0.2, 0.25) is 0 Å². The Bertz CT molecular complexity index is 417. The van der Waals surface area contributed by atoms with Crippen molar-refractivity contribution >= 4 is 5.96 Å². The van der Waals surface area contributed by atoms with E-state index in [0.29, 0.717) is 0 Å². The van der Waals surface area contributed by atoms with Crippen LogP contribution in [0.15, 0.2) is 4.99 Å². The van der Waals surface area contributed by atoms with Gasteiger partial charge < -0.3 is 15.0 Å². The molecular formula is C19H36N4O. The molecule has 3 aliphatic rings. The smallest absolute Gasteiger partial charge is 0.193 e. The van der Waals surface area contributed by atoms with E-state index in [1.807, 2.05) is 0 Å². The van der Waals surface area contributed by atoms with Gasteiger partial charge in [0.2, 0.25) is 0 Å². The minimum absolute atomic E-state index is 0.0942. The van der Waals surface area contributed by atoms with Gasteiger partial charge in [0.1, 0.15) is 0 Å². The lowest BCUT2D eigenvalue weighted by Gasteiger charge is -2.40. The Balaban J connectivity index is 1.62. The Hall–Kier alpha value is -0.810. The molecule has 138 valence electrons. The van der Waals surface area contributed by atoms with Gasteiger partial charge in [0.15, 0.2) is 5.96 Å². The molecular weight excluding hydrogens is 300 g/mol. The second-order valence-electron chi connectivity index (χ2n) is 8.29. The van der Waals surface area contributed by atoms with E-state index in [1.165, 1.54) is 38.8 Å². The lowest BCUT2D eigenvalue weighted by atomic mass is 9.82. The van der Waals surface area contributed by atoms with Crippen LogP contribution in [0.5, 0.6) is 0 Å². The van der Waals surface area contributed by atoms with Gasteiger partial charge >= 0.3 is 0 Å². The van der Waals surface area contributed by atoms with Gasteiger partial charge in [-0.25, -0.2) is 0 Å². The molecule has 2 atom stereocenters. The average Bonchev–Trinajstić information content (AvgIpc) is 3.03. The Labute approximate surface area is 147 Å². The van der Waals surface area contributed by atoms with Crippen LogP contribution in [0.3, 0.4) is 0 Å². The predicted octanol–water partition coefficient (Wildman–Crippen LogP) is 2.18. The number of ether oxygens (including phenoxy) is 1. The molecule has 0 aromatic carbocycles. The highest BCUT2D eigenvalue weighted by Crippen LogP contribution is 2.36. The molecule has 1 saturated carbocycles. The minimum atomic E-state index is 0.0942. The second kappa shape index (κ2) is 8.05. The molecule has 5 heteroatoms. The maximum atomic E-state index is 5.50. The zero-order valence-corrected chi connectivity index (χ0v) is 15.9. The molecule has 0 bridgehead atoms. The van der Waals surface area contributed by atoms with Crippen molar-refractivity contribution in [1.82, 2.24) is 15.1 Å². The Morgan fingerprint density at radius 1 is 1.12 bits per heavy atom. The van der Waals surface area contributed by atoms with Crippen LogP contribution in [0.1, 0.15) is 46.5 Å². The summed E-state index contributed by atoms with van der Waals surface area (Å²) in [6.07, 6.45) is 5.68. The largest absolute Gasteiger partial charge is 0.379 e. The lowest BCUT2D eigenvalue weighted by molar-refractivity contribution is -0.00688. The zero-order chi connectivity index (χ0) is 17.0. The Morgan fingerprint density at radius 3 is 2.33 bits per heavy atom. The highest BCUT2D eigenvalue weighted by molar-refractivity contribution is 5.80. The van der Waals surface area contributed by atoms with Crippen molar-refractivity contribution in [2.45, 2.75) is 52.0 Å². The van der Waals surface area contributed by atoms with Gasteiger partial charge in [0.25, 0.3) is 0 Å². The number of fused-ring (bicyclic) bond motifs is 1. The molecule has 24 heavy (non-hydrogen) atoms. The normalized spacial score (nSPS) is 29.6. The first-order valence-electron chi connectivity index (χ1n) is 9.96. The van der Waals surface area contributed by atoms with Crippen molar-refractivity contribution in [3.8, 4) is 0 Å². The fourth-order valence-electron chi connectivity index (χ4n) is 4.54. The van der Waals surface area contributed by atoms with Crippen molar-refractivity contribution in [2.75, 3.05) is 52.5 Å². The van der Waals surface area contributed by atoms with Crippen LogP contribution in [0.25, 0.3) is 0 Å². The summed E-state index contributed by atoms with van der Waals surface area (Å²) < 4.78 is 5.50. The summed E-state index contributed by atoms with van der Waals surface area (Å²) in [6.45, 7) is 14.7. The molecule has 3 fully saturated rings. The van der Waals surface area contributed by atoms with E-state index in [9.17, 15) is 0 Å². The number of aliphatic imine (C=N–C) groups is 1. The zero-order valence-electron chi connectivity index (χ0n) is 15.9. The number of guanidine groups is 1. The molecule has 0 aromatic rings. The average molecular weight is 337 g/mol. The van der Waals surface area contributed by atoms with Crippen LogP contribution >= 0.6 is 0 Å². The van der Waals surface area contributed by atoms with Crippen LogP contribution in [-0.2, 0) is 4.74 Å². The van der Waals surface area contributed by atoms with E-state index in [0.717, 1.165) is 57.2 Å². The van der Waals surface area contributed by atoms with Crippen molar-refractivity contribution in [3.05, 3.63) is 0 Å². The van der Waals surface area contributed by atoms with Gasteiger partial charge in [-0.2, -0.15) is 0 Å². The summed E-state index contributed by atoms with van der Waals surface area (Å²) in [5, 5.41) is 3.54. The summed E-state index contributed by atoms with van der Waals surface area (Å²) >= 11 is 0. The molecule has 5 nitrogen and oxygen atoms in total. The van der Waals surface area contributed by atoms with E-state index in [4.69, 9.17) is 9.73 Å². The molecule has 0 radical (unpaired) electrons. The number of hydrogen-bond acceptors (Lipinski definition) is 3. The molecule has 2 aliphatic heterocycles. The van der Waals surface area contributed by atoms with E-state index >= 15 is 0 Å². The standard InChI is InChI=1S/C19H36N4O/c1-4-20-18(22-13-16-7-5-6-8-17(16)14-22)21-15-19(2,3)23-9-11-24-12-10-23/h16-17H,4-15H2,1-3H3,(H,20,21). The highest BCUT2D eigenvalue weighted by Gasteiger charge is 2.36. The van der Waals surface area contributed by atoms with Gasteiger partial charge in [-0.05, 0) is 45.4 Å². The van der Waals surface area contributed by atoms with E-state index < -0.39 is 0 Å². The van der Waals surface area contributed by atoms with Crippen molar-refractivity contribution in [3.63, 3.8) is 0 Å². The molecule has 0 spiro atoms. The number of morpholine rings is 1. The van der Waals surface area contributed by atoms with Crippen LogP contribution in [-0.4, -0.2) is 73.8 Å². The predicted molar refractivity (Wildman–Crippen MR) is 99.5 cm³/mol. The SMILES string of the molecule is CCNC(=NCC(C)(C)N1CCOCC1)N1CC2CCCCC2C1. The lowest BCUT2D eigenvalue weighted by Crippen LogP contribution is -2.52. The molecule has 0 amide bonds. The summed E-state index contributed by atoms with van der Waals surface area (Å²) in [4.78, 5) is 10.1. The first-order valence-corrected chi connectivity index (χ1v) is 9.96. The third kappa shape index (κ3) is 4.23. The third-order valence-corrected chi connectivity index (χ3v) is 6.09. The molecule has 1 aliphatic carbocycles. The third-order valence-electron chi connectivity index (χ3n) is 6.09. The fourth-order valence-corrected chi connectivity index (χ4v) is 4.54. The number of nitrogens with one attached hydrogen (secondary N) is 1. The Morgan fingerprint density at radius 2 is 1.75 bits per heavy atom. The van der Waals surface area contributed by atoms with E-state index in [1.54, 1.807) is 0 Å². The molecule has 2 unspecified atom stereocenters. The summed E-state index contributed by atoms with van der Waals surface area (Å²) in [7, 11) is 0. The molecule has 3 rings (SSSR count). The fraction of sp³-hybridized carbons (Fsp3) is 0.947. The quantitative estimate of drug-likeness (QED) is 0.631. The molecule has 2 heterocycles. The van der Waals surface area contributed by atoms with Crippen molar-refractivity contribution in [2.24, 2.45) is 16.8 Å².